The van der Waals surface area contributed by atoms with Gasteiger partial charge in [0.2, 0.25) is 5.82 Å². The number of aromatic carboxylic acids is 1. The van der Waals surface area contributed by atoms with Gasteiger partial charge in [-0.3, -0.25) is 0 Å². The van der Waals surface area contributed by atoms with Gasteiger partial charge in [-0.15, -0.1) is 10.2 Å². The molecular weight excluding hydrogens is 416 g/mol. The molecule has 0 spiro atoms. The van der Waals surface area contributed by atoms with Gasteiger partial charge in [0.1, 0.15) is 5.82 Å². The van der Waals surface area contributed by atoms with Crippen LogP contribution in [0.5, 0.6) is 0 Å². The Balaban J connectivity index is 1.46. The van der Waals surface area contributed by atoms with Gasteiger partial charge in [0.25, 0.3) is 0 Å². The molecular formula is C25H26N6O2. The van der Waals surface area contributed by atoms with Crippen LogP contribution < -0.4 is 4.90 Å². The average molecular weight is 443 g/mol. The summed E-state index contributed by atoms with van der Waals surface area (Å²) in [4.78, 5) is 19.6. The fraction of sp³-hybridized carbons (Fsp3) is 0.240. The van der Waals surface area contributed by atoms with Gasteiger partial charge in [0.05, 0.1) is 12.1 Å². The van der Waals surface area contributed by atoms with E-state index in [2.05, 4.69) is 44.4 Å². The van der Waals surface area contributed by atoms with E-state index < -0.39 is 5.97 Å². The Morgan fingerprint density at radius 1 is 1.03 bits per heavy atom. The minimum atomic E-state index is -0.972. The van der Waals surface area contributed by atoms with E-state index >= 15 is 0 Å². The van der Waals surface area contributed by atoms with E-state index in [4.69, 9.17) is 0 Å². The number of hydrogen-bond donors (Lipinski definition) is 1. The van der Waals surface area contributed by atoms with Crippen LogP contribution >= 0.6 is 0 Å². The first-order valence-corrected chi connectivity index (χ1v) is 11.0. The van der Waals surface area contributed by atoms with Crippen molar-refractivity contribution in [3.05, 3.63) is 89.6 Å². The monoisotopic (exact) mass is 442 g/mol. The third kappa shape index (κ3) is 5.60. The fourth-order valence-corrected chi connectivity index (χ4v) is 3.59. The molecule has 2 aromatic heterocycles. The number of carboxylic acids is 1. The van der Waals surface area contributed by atoms with Crippen LogP contribution in [0.1, 0.15) is 41.3 Å². The van der Waals surface area contributed by atoms with Crippen LogP contribution in [0.3, 0.4) is 0 Å². The third-order valence-electron chi connectivity index (χ3n) is 5.35. The summed E-state index contributed by atoms with van der Waals surface area (Å²) in [5, 5.41) is 22.0. The number of benzene rings is 2. The molecule has 0 amide bonds. The lowest BCUT2D eigenvalue weighted by Crippen LogP contribution is -2.24. The first kappa shape index (κ1) is 22.1. The zero-order chi connectivity index (χ0) is 23.0. The molecule has 0 radical (unpaired) electrons. The Morgan fingerprint density at radius 3 is 2.55 bits per heavy atom. The van der Waals surface area contributed by atoms with Crippen LogP contribution in [0.15, 0.2) is 72.9 Å². The van der Waals surface area contributed by atoms with Crippen molar-refractivity contribution < 1.29 is 9.90 Å². The summed E-state index contributed by atoms with van der Waals surface area (Å²) in [5.41, 5.74) is 2.89. The molecule has 0 aliphatic carbocycles. The van der Waals surface area contributed by atoms with Gasteiger partial charge in [0.15, 0.2) is 0 Å². The van der Waals surface area contributed by atoms with E-state index in [0.717, 1.165) is 37.3 Å². The number of carbonyl (C=O) groups is 1. The number of pyridine rings is 1. The van der Waals surface area contributed by atoms with E-state index in [9.17, 15) is 9.90 Å². The fourth-order valence-electron chi connectivity index (χ4n) is 3.59. The number of nitrogens with zero attached hydrogens (tertiary/aromatic N) is 6. The molecule has 2 aromatic carbocycles. The summed E-state index contributed by atoms with van der Waals surface area (Å²) >= 11 is 0. The van der Waals surface area contributed by atoms with Crippen LogP contribution in [0.4, 0.5) is 5.82 Å². The Hall–Kier alpha value is -4.07. The molecule has 0 aliphatic rings. The van der Waals surface area contributed by atoms with Crippen LogP contribution in [0.25, 0.3) is 11.4 Å². The van der Waals surface area contributed by atoms with Crippen LogP contribution in [-0.2, 0) is 13.1 Å². The molecule has 8 nitrogen and oxygen atoms in total. The molecule has 4 rings (SSSR count). The second-order valence-electron chi connectivity index (χ2n) is 7.77. The van der Waals surface area contributed by atoms with Crippen molar-refractivity contribution in [2.24, 2.45) is 0 Å². The summed E-state index contributed by atoms with van der Waals surface area (Å²) in [5.74, 6) is 0.503. The molecule has 0 fully saturated rings. The van der Waals surface area contributed by atoms with Crippen molar-refractivity contribution in [2.75, 3.05) is 11.4 Å². The molecule has 0 bridgehead atoms. The lowest BCUT2D eigenvalue weighted by Gasteiger charge is -2.23. The van der Waals surface area contributed by atoms with Crippen molar-refractivity contribution in [2.45, 2.75) is 32.9 Å². The molecule has 168 valence electrons. The van der Waals surface area contributed by atoms with Crippen molar-refractivity contribution in [1.82, 2.24) is 25.2 Å². The number of unbranched alkanes of at least 4 members (excludes halogenated alkanes) is 1. The number of rotatable bonds is 10. The van der Waals surface area contributed by atoms with Gasteiger partial charge < -0.3 is 10.0 Å². The number of aromatic nitrogens is 5. The number of carboxylic acid groups (broad SMARTS) is 1. The van der Waals surface area contributed by atoms with Gasteiger partial charge >= 0.3 is 5.97 Å². The van der Waals surface area contributed by atoms with Crippen molar-refractivity contribution in [1.29, 1.82) is 0 Å². The molecule has 1 N–H and O–H groups in total. The zero-order valence-electron chi connectivity index (χ0n) is 18.5. The summed E-state index contributed by atoms with van der Waals surface area (Å²) in [7, 11) is 0. The molecule has 0 aliphatic heterocycles. The average Bonchev–Trinajstić information content (AvgIpc) is 3.31. The Morgan fingerprint density at radius 2 is 1.82 bits per heavy atom. The maximum atomic E-state index is 11.4. The van der Waals surface area contributed by atoms with Crippen LogP contribution in [0.2, 0.25) is 0 Å². The van der Waals surface area contributed by atoms with E-state index in [-0.39, 0.29) is 12.1 Å². The Bertz CT molecular complexity index is 1190. The largest absolute Gasteiger partial charge is 0.478 e. The topological polar surface area (TPSA) is 97.0 Å². The summed E-state index contributed by atoms with van der Waals surface area (Å²) in [6.45, 7) is 4.14. The Kier molecular flexibility index (Phi) is 7.04. The lowest BCUT2D eigenvalue weighted by molar-refractivity contribution is 0.0695. The smallest absolute Gasteiger partial charge is 0.336 e. The maximum Gasteiger partial charge on any atom is 0.336 e. The van der Waals surface area contributed by atoms with Crippen molar-refractivity contribution >= 4 is 11.8 Å². The number of hydrogen-bond acceptors (Lipinski definition) is 6. The van der Waals surface area contributed by atoms with E-state index in [0.29, 0.717) is 11.4 Å². The molecule has 8 heteroatoms. The zero-order valence-corrected chi connectivity index (χ0v) is 18.5. The standard InChI is InChI=1S/C25H26N6O2/c1-2-3-16-30(23-10-6-7-15-26-23)17-19-11-13-20(14-12-19)24-27-29-31(28-24)18-21-8-4-5-9-22(21)25(32)33/h4-15H,2-3,16-18H2,1H3,(H,32,33). The first-order chi connectivity index (χ1) is 16.1. The molecule has 0 saturated heterocycles. The molecule has 0 saturated carbocycles. The number of tetrazole rings is 1. The molecule has 2 heterocycles. The molecule has 0 unspecified atom stereocenters. The molecule has 33 heavy (non-hydrogen) atoms. The predicted molar refractivity (Wildman–Crippen MR) is 126 cm³/mol. The van der Waals surface area contributed by atoms with Gasteiger partial charge in [-0.25, -0.2) is 9.78 Å². The molecule has 4 aromatic rings. The SMILES string of the molecule is CCCCN(Cc1ccc(-c2nnn(Cc3ccccc3C(=O)O)n2)cc1)c1ccccn1. The van der Waals surface area contributed by atoms with E-state index in [1.165, 1.54) is 10.4 Å². The van der Waals surface area contributed by atoms with E-state index in [1.54, 1.807) is 24.3 Å². The highest BCUT2D eigenvalue weighted by Crippen LogP contribution is 2.19. The minimum absolute atomic E-state index is 0.237. The minimum Gasteiger partial charge on any atom is -0.478 e. The highest BCUT2D eigenvalue weighted by molar-refractivity contribution is 5.89. The van der Waals surface area contributed by atoms with E-state index in [1.807, 2.05) is 36.5 Å². The second-order valence-corrected chi connectivity index (χ2v) is 7.77. The highest BCUT2D eigenvalue weighted by Gasteiger charge is 2.13. The summed E-state index contributed by atoms with van der Waals surface area (Å²) in [6.07, 6.45) is 4.05. The molecule has 0 atom stereocenters. The first-order valence-electron chi connectivity index (χ1n) is 11.0. The normalized spacial score (nSPS) is 10.8. The number of anilines is 1. The summed E-state index contributed by atoms with van der Waals surface area (Å²) < 4.78 is 0. The van der Waals surface area contributed by atoms with Gasteiger partial charge in [-0.2, -0.15) is 4.80 Å². The van der Waals surface area contributed by atoms with Gasteiger partial charge in [-0.05, 0) is 41.0 Å². The summed E-state index contributed by atoms with van der Waals surface area (Å²) in [6, 6.07) is 20.9. The van der Waals surface area contributed by atoms with Crippen molar-refractivity contribution in [3.8, 4) is 11.4 Å². The van der Waals surface area contributed by atoms with Crippen molar-refractivity contribution in [3.63, 3.8) is 0 Å². The third-order valence-corrected chi connectivity index (χ3v) is 5.35. The Labute approximate surface area is 192 Å². The predicted octanol–water partition coefficient (Wildman–Crippen LogP) is 4.29. The van der Waals surface area contributed by atoms with Crippen LogP contribution in [0, 0.1) is 0 Å². The maximum absolute atomic E-state index is 11.4. The highest BCUT2D eigenvalue weighted by atomic mass is 16.4. The van der Waals surface area contributed by atoms with Gasteiger partial charge in [0, 0.05) is 24.8 Å². The quantitative estimate of drug-likeness (QED) is 0.391. The second kappa shape index (κ2) is 10.5. The van der Waals surface area contributed by atoms with Gasteiger partial charge in [-0.1, -0.05) is 61.9 Å². The lowest BCUT2D eigenvalue weighted by atomic mass is 10.1. The van der Waals surface area contributed by atoms with Crippen LogP contribution in [-0.4, -0.2) is 42.8 Å².